The van der Waals surface area contributed by atoms with E-state index in [2.05, 4.69) is 14.6 Å². The van der Waals surface area contributed by atoms with Crippen molar-refractivity contribution in [3.8, 4) is 0 Å². The topological polar surface area (TPSA) is 65.2 Å². The van der Waals surface area contributed by atoms with E-state index in [1.807, 2.05) is 6.20 Å². The van der Waals surface area contributed by atoms with Crippen molar-refractivity contribution in [2.24, 2.45) is 0 Å². The van der Waals surface area contributed by atoms with Crippen molar-refractivity contribution in [3.63, 3.8) is 0 Å². The van der Waals surface area contributed by atoms with Crippen molar-refractivity contribution in [1.29, 1.82) is 0 Å². The van der Waals surface area contributed by atoms with Gasteiger partial charge in [0, 0.05) is 29.7 Å². The summed E-state index contributed by atoms with van der Waals surface area (Å²) in [5.41, 5.74) is 2.00. The van der Waals surface area contributed by atoms with Crippen molar-refractivity contribution in [3.05, 3.63) is 64.8 Å². The van der Waals surface area contributed by atoms with Gasteiger partial charge in [0.25, 0.3) is 0 Å². The molecule has 1 saturated heterocycles. The predicted octanol–water partition coefficient (Wildman–Crippen LogP) is 4.08. The Balaban J connectivity index is 1.30. The van der Waals surface area contributed by atoms with Crippen molar-refractivity contribution in [2.75, 3.05) is 19.6 Å². The van der Waals surface area contributed by atoms with Gasteiger partial charge in [-0.3, -0.25) is 0 Å². The fourth-order valence-corrected chi connectivity index (χ4v) is 5.45. The fourth-order valence-electron chi connectivity index (χ4n) is 3.91. The van der Waals surface area contributed by atoms with Gasteiger partial charge < -0.3 is 9.88 Å². The van der Waals surface area contributed by atoms with Gasteiger partial charge in [0.2, 0.25) is 10.0 Å². The molecule has 160 valence electrons. The number of hydrogen-bond acceptors (Lipinski definition) is 3. The van der Waals surface area contributed by atoms with Crippen LogP contribution in [0.25, 0.3) is 10.9 Å². The molecule has 1 aromatic heterocycles. The van der Waals surface area contributed by atoms with Crippen LogP contribution in [0.2, 0.25) is 5.02 Å². The van der Waals surface area contributed by atoms with Gasteiger partial charge in [-0.15, -0.1) is 0 Å². The minimum absolute atomic E-state index is 0.0427. The first kappa shape index (κ1) is 21.2. The van der Waals surface area contributed by atoms with Gasteiger partial charge >= 0.3 is 0 Å². The number of rotatable bonds is 7. The summed E-state index contributed by atoms with van der Waals surface area (Å²) in [5, 5.41) is 0.683. The molecule has 2 aromatic carbocycles. The molecule has 2 N–H and O–H groups in total. The van der Waals surface area contributed by atoms with E-state index < -0.39 is 15.8 Å². The maximum absolute atomic E-state index is 13.5. The van der Waals surface area contributed by atoms with E-state index in [1.54, 1.807) is 12.1 Å². The molecule has 0 amide bonds. The van der Waals surface area contributed by atoms with Gasteiger partial charge in [-0.1, -0.05) is 11.6 Å². The van der Waals surface area contributed by atoms with Crippen molar-refractivity contribution < 1.29 is 17.2 Å². The largest absolute Gasteiger partial charge is 0.361 e. The molecule has 1 fully saturated rings. The monoisotopic (exact) mass is 453 g/mol. The summed E-state index contributed by atoms with van der Waals surface area (Å²) in [6.45, 7) is 2.22. The van der Waals surface area contributed by atoms with Crippen LogP contribution in [0.1, 0.15) is 18.4 Å². The highest BCUT2D eigenvalue weighted by molar-refractivity contribution is 7.89. The van der Waals surface area contributed by atoms with Gasteiger partial charge in [-0.05, 0) is 74.3 Å². The van der Waals surface area contributed by atoms with Gasteiger partial charge in [0.15, 0.2) is 0 Å². The lowest BCUT2D eigenvalue weighted by Gasteiger charge is -2.17. The number of likely N-dealkylation sites (tertiary alicyclic amines) is 1. The van der Waals surface area contributed by atoms with E-state index in [4.69, 9.17) is 11.6 Å². The third-order valence-corrected chi connectivity index (χ3v) is 7.25. The standard InChI is InChI=1S/C21H22ClF2N3O2S/c22-19-11-17(4-5-20(19)24)30(28,29)26-16-7-9-27(13-16)8-1-2-14-12-25-21-6-3-15(23)10-18(14)21/h3-6,10-12,16,25-26H,1-2,7-9,13H2. The number of nitrogens with one attached hydrogen (secondary N) is 2. The van der Waals surface area contributed by atoms with E-state index >= 15 is 0 Å². The summed E-state index contributed by atoms with van der Waals surface area (Å²) < 4.78 is 54.6. The quantitative estimate of drug-likeness (QED) is 0.566. The van der Waals surface area contributed by atoms with Gasteiger partial charge in [0.1, 0.15) is 11.6 Å². The van der Waals surface area contributed by atoms with E-state index in [-0.39, 0.29) is 21.8 Å². The van der Waals surface area contributed by atoms with Crippen LogP contribution in [-0.4, -0.2) is 44.0 Å². The molecule has 0 radical (unpaired) electrons. The maximum atomic E-state index is 13.5. The van der Waals surface area contributed by atoms with E-state index in [0.29, 0.717) is 13.0 Å². The Morgan fingerprint density at radius 1 is 1.20 bits per heavy atom. The molecule has 9 heteroatoms. The van der Waals surface area contributed by atoms with Crippen LogP contribution in [0.15, 0.2) is 47.5 Å². The summed E-state index contributed by atoms with van der Waals surface area (Å²) in [6, 6.07) is 7.89. The molecule has 2 heterocycles. The first-order chi connectivity index (χ1) is 14.3. The van der Waals surface area contributed by atoms with Gasteiger partial charge in [-0.25, -0.2) is 21.9 Å². The van der Waals surface area contributed by atoms with E-state index in [9.17, 15) is 17.2 Å². The molecular formula is C21H22ClF2N3O2S. The van der Waals surface area contributed by atoms with E-state index in [1.165, 1.54) is 12.1 Å². The number of benzene rings is 2. The average Bonchev–Trinajstić information content (AvgIpc) is 3.30. The minimum atomic E-state index is -3.76. The molecule has 1 aliphatic heterocycles. The average molecular weight is 454 g/mol. The smallest absolute Gasteiger partial charge is 0.240 e. The Morgan fingerprint density at radius 2 is 2.03 bits per heavy atom. The minimum Gasteiger partial charge on any atom is -0.361 e. The third-order valence-electron chi connectivity index (χ3n) is 5.45. The van der Waals surface area contributed by atoms with Crippen LogP contribution in [0, 0.1) is 11.6 Å². The zero-order valence-corrected chi connectivity index (χ0v) is 17.7. The van der Waals surface area contributed by atoms with Crippen LogP contribution < -0.4 is 4.72 Å². The molecule has 1 atom stereocenters. The lowest BCUT2D eigenvalue weighted by Crippen LogP contribution is -2.37. The van der Waals surface area contributed by atoms with E-state index in [0.717, 1.165) is 54.5 Å². The highest BCUT2D eigenvalue weighted by Crippen LogP contribution is 2.22. The molecule has 0 spiro atoms. The Morgan fingerprint density at radius 3 is 2.83 bits per heavy atom. The third kappa shape index (κ3) is 4.67. The Hall–Kier alpha value is -2.00. The summed E-state index contributed by atoms with van der Waals surface area (Å²) in [6.07, 6.45) is 4.31. The SMILES string of the molecule is O=S(=O)(NC1CCN(CCCc2c[nH]c3ccc(F)cc23)C1)c1ccc(F)c(Cl)c1. The highest BCUT2D eigenvalue weighted by atomic mass is 35.5. The second-order valence-electron chi connectivity index (χ2n) is 7.59. The number of hydrogen-bond donors (Lipinski definition) is 2. The summed E-state index contributed by atoms with van der Waals surface area (Å²) in [4.78, 5) is 5.33. The van der Waals surface area contributed by atoms with Crippen molar-refractivity contribution >= 4 is 32.5 Å². The van der Waals surface area contributed by atoms with Crippen molar-refractivity contribution in [1.82, 2.24) is 14.6 Å². The Bertz CT molecular complexity index is 1170. The fraction of sp³-hybridized carbons (Fsp3) is 0.333. The lowest BCUT2D eigenvalue weighted by atomic mass is 10.1. The number of aromatic amines is 1. The number of halogens is 3. The van der Waals surface area contributed by atoms with Gasteiger partial charge in [0.05, 0.1) is 9.92 Å². The Labute approximate surface area is 179 Å². The van der Waals surface area contributed by atoms with Crippen LogP contribution in [-0.2, 0) is 16.4 Å². The number of H-pyrrole nitrogens is 1. The number of aromatic nitrogens is 1. The normalized spacial score (nSPS) is 17.8. The van der Waals surface area contributed by atoms with Gasteiger partial charge in [-0.2, -0.15) is 0 Å². The molecule has 1 unspecified atom stereocenters. The lowest BCUT2D eigenvalue weighted by molar-refractivity contribution is 0.327. The Kier molecular flexibility index (Phi) is 6.11. The molecule has 0 bridgehead atoms. The number of sulfonamides is 1. The first-order valence-electron chi connectivity index (χ1n) is 9.77. The summed E-state index contributed by atoms with van der Waals surface area (Å²) >= 11 is 5.71. The molecular weight excluding hydrogens is 432 g/mol. The molecule has 4 rings (SSSR count). The number of aryl methyl sites for hydroxylation is 1. The summed E-state index contributed by atoms with van der Waals surface area (Å²) in [7, 11) is -3.76. The number of nitrogens with zero attached hydrogens (tertiary/aromatic N) is 1. The molecule has 1 aliphatic rings. The molecule has 0 aliphatic carbocycles. The van der Waals surface area contributed by atoms with Crippen molar-refractivity contribution in [2.45, 2.75) is 30.2 Å². The first-order valence-corrected chi connectivity index (χ1v) is 11.6. The summed E-state index contributed by atoms with van der Waals surface area (Å²) in [5.74, 6) is -0.902. The van der Waals surface area contributed by atoms with Crippen LogP contribution in [0.3, 0.4) is 0 Å². The molecule has 3 aromatic rings. The molecule has 30 heavy (non-hydrogen) atoms. The van der Waals surface area contributed by atoms with Crippen LogP contribution in [0.5, 0.6) is 0 Å². The molecule has 5 nitrogen and oxygen atoms in total. The second kappa shape index (κ2) is 8.63. The van der Waals surface area contributed by atoms with Crippen LogP contribution >= 0.6 is 11.6 Å². The second-order valence-corrected chi connectivity index (χ2v) is 9.71. The number of fused-ring (bicyclic) bond motifs is 1. The zero-order valence-electron chi connectivity index (χ0n) is 16.2. The maximum Gasteiger partial charge on any atom is 0.240 e. The molecule has 0 saturated carbocycles. The zero-order chi connectivity index (χ0) is 21.3. The highest BCUT2D eigenvalue weighted by Gasteiger charge is 2.27. The van der Waals surface area contributed by atoms with Crippen LogP contribution in [0.4, 0.5) is 8.78 Å². The predicted molar refractivity (Wildman–Crippen MR) is 113 cm³/mol.